The number of pyridine rings is 1. The molecule has 1 aliphatic heterocycles. The zero-order valence-corrected chi connectivity index (χ0v) is 16.7. The van der Waals surface area contributed by atoms with Gasteiger partial charge in [0, 0.05) is 25.4 Å². The average molecular weight is 378 g/mol. The minimum atomic E-state index is -0.249. The van der Waals surface area contributed by atoms with Gasteiger partial charge in [0.15, 0.2) is 0 Å². The van der Waals surface area contributed by atoms with Crippen LogP contribution in [0.2, 0.25) is 0 Å². The van der Waals surface area contributed by atoms with Crippen LogP contribution in [0.25, 0.3) is 0 Å². The van der Waals surface area contributed by atoms with Gasteiger partial charge in [-0.3, -0.25) is 9.59 Å². The number of hydrogen-bond acceptors (Lipinski definition) is 6. The molecule has 0 spiro atoms. The van der Waals surface area contributed by atoms with Crippen molar-refractivity contribution in [3.63, 3.8) is 0 Å². The lowest BCUT2D eigenvalue weighted by molar-refractivity contribution is -0.149. The molecule has 1 unspecified atom stereocenters. The highest BCUT2D eigenvalue weighted by Gasteiger charge is 2.29. The van der Waals surface area contributed by atoms with Crippen molar-refractivity contribution >= 4 is 11.9 Å². The number of esters is 1. The number of rotatable bonds is 7. The van der Waals surface area contributed by atoms with E-state index in [9.17, 15) is 9.59 Å². The van der Waals surface area contributed by atoms with Crippen LogP contribution in [-0.4, -0.2) is 60.3 Å². The van der Waals surface area contributed by atoms with E-state index in [-0.39, 0.29) is 23.4 Å². The molecule has 0 bridgehead atoms. The maximum Gasteiger partial charge on any atom is 0.310 e. The van der Waals surface area contributed by atoms with E-state index >= 15 is 0 Å². The molecule has 0 aromatic carbocycles. The van der Waals surface area contributed by atoms with Crippen molar-refractivity contribution in [1.29, 1.82) is 0 Å². The third kappa shape index (κ3) is 6.82. The molecule has 1 aromatic rings. The fourth-order valence-electron chi connectivity index (χ4n) is 2.88. The highest BCUT2D eigenvalue weighted by Crippen LogP contribution is 2.20. The molecule has 27 heavy (non-hydrogen) atoms. The predicted octanol–water partition coefficient (Wildman–Crippen LogP) is 2.69. The zero-order chi connectivity index (χ0) is 19.9. The Bertz CT molecular complexity index is 624. The number of carbonyl (C=O) groups is 2. The van der Waals surface area contributed by atoms with E-state index in [0.29, 0.717) is 44.4 Å². The fourth-order valence-corrected chi connectivity index (χ4v) is 2.88. The molecule has 2 heterocycles. The van der Waals surface area contributed by atoms with Gasteiger partial charge in [0.25, 0.3) is 5.91 Å². The molecule has 1 saturated heterocycles. The van der Waals surface area contributed by atoms with Gasteiger partial charge >= 0.3 is 5.97 Å². The van der Waals surface area contributed by atoms with Crippen LogP contribution < -0.4 is 4.74 Å². The van der Waals surface area contributed by atoms with Crippen LogP contribution in [0.15, 0.2) is 18.3 Å². The molecule has 0 saturated carbocycles. The summed E-state index contributed by atoms with van der Waals surface area (Å²) < 4.78 is 16.2. The highest BCUT2D eigenvalue weighted by molar-refractivity contribution is 5.94. The van der Waals surface area contributed by atoms with Gasteiger partial charge in [0.05, 0.1) is 30.3 Å². The molecule has 1 amide bonds. The minimum Gasteiger partial charge on any atom is -0.475 e. The summed E-state index contributed by atoms with van der Waals surface area (Å²) in [5.41, 5.74) is 0.279. The van der Waals surface area contributed by atoms with Gasteiger partial charge < -0.3 is 19.1 Å². The lowest BCUT2D eigenvalue weighted by Gasteiger charge is -2.31. The third-order valence-corrected chi connectivity index (χ3v) is 4.18. The van der Waals surface area contributed by atoms with Gasteiger partial charge in [0.2, 0.25) is 5.88 Å². The summed E-state index contributed by atoms with van der Waals surface area (Å²) in [5.74, 6) is -0.151. The predicted molar refractivity (Wildman–Crippen MR) is 101 cm³/mol. The third-order valence-electron chi connectivity index (χ3n) is 4.18. The van der Waals surface area contributed by atoms with E-state index in [1.54, 1.807) is 24.0 Å². The van der Waals surface area contributed by atoms with E-state index in [2.05, 4.69) is 4.98 Å². The molecule has 2 rings (SSSR count). The summed E-state index contributed by atoms with van der Waals surface area (Å²) in [6.07, 6.45) is 3.05. The number of carbonyl (C=O) groups excluding carboxylic acids is 2. The molecule has 0 radical (unpaired) electrons. The van der Waals surface area contributed by atoms with Crippen molar-refractivity contribution in [1.82, 2.24) is 9.88 Å². The van der Waals surface area contributed by atoms with Gasteiger partial charge in [-0.1, -0.05) is 0 Å². The van der Waals surface area contributed by atoms with E-state index in [1.165, 1.54) is 6.20 Å². The number of likely N-dealkylation sites (tertiary alicyclic amines) is 1. The van der Waals surface area contributed by atoms with Crippen LogP contribution in [0, 0.1) is 5.92 Å². The minimum absolute atomic E-state index is 0.126. The standard InChI is InChI=1S/C20H30N2O5/c1-5-25-19(24)16-7-6-10-22(14-16)18(23)15-8-9-17(21-13-15)26-11-12-27-20(2,3)4/h8-9,13,16H,5-7,10-12,14H2,1-4H3. The SMILES string of the molecule is CCOC(=O)C1CCCN(C(=O)c2ccc(OCCOC(C)(C)C)nc2)C1. The second kappa shape index (κ2) is 9.69. The summed E-state index contributed by atoms with van der Waals surface area (Å²) in [6, 6.07) is 3.38. The van der Waals surface area contributed by atoms with Crippen LogP contribution in [0.1, 0.15) is 50.9 Å². The maximum atomic E-state index is 12.7. The van der Waals surface area contributed by atoms with Gasteiger partial charge in [-0.25, -0.2) is 4.98 Å². The van der Waals surface area contributed by atoms with Crippen molar-refractivity contribution in [2.24, 2.45) is 5.92 Å². The average Bonchev–Trinajstić information content (AvgIpc) is 2.65. The van der Waals surface area contributed by atoms with Crippen LogP contribution >= 0.6 is 0 Å². The first-order valence-corrected chi connectivity index (χ1v) is 9.49. The number of amides is 1. The molecule has 1 fully saturated rings. The first-order chi connectivity index (χ1) is 12.8. The highest BCUT2D eigenvalue weighted by atomic mass is 16.5. The van der Waals surface area contributed by atoms with Gasteiger partial charge in [0.1, 0.15) is 6.61 Å². The Hall–Kier alpha value is -2.15. The Labute approximate surface area is 161 Å². The van der Waals surface area contributed by atoms with E-state index in [0.717, 1.165) is 12.8 Å². The van der Waals surface area contributed by atoms with Crippen LogP contribution in [0.4, 0.5) is 0 Å². The van der Waals surface area contributed by atoms with Crippen LogP contribution in [0.3, 0.4) is 0 Å². The molecule has 0 N–H and O–H groups in total. The molecule has 7 heteroatoms. The molecule has 150 valence electrons. The normalized spacial score (nSPS) is 17.5. The van der Waals surface area contributed by atoms with Crippen LogP contribution in [-0.2, 0) is 14.3 Å². The fraction of sp³-hybridized carbons (Fsp3) is 0.650. The van der Waals surface area contributed by atoms with E-state index in [4.69, 9.17) is 14.2 Å². The lowest BCUT2D eigenvalue weighted by atomic mass is 9.97. The Balaban J connectivity index is 1.86. The maximum absolute atomic E-state index is 12.7. The molecular formula is C20H30N2O5. The lowest BCUT2D eigenvalue weighted by Crippen LogP contribution is -2.42. The second-order valence-electron chi connectivity index (χ2n) is 7.54. The summed E-state index contributed by atoms with van der Waals surface area (Å²) in [5, 5.41) is 0. The number of hydrogen-bond donors (Lipinski definition) is 0. The van der Waals surface area contributed by atoms with Gasteiger partial charge in [-0.2, -0.15) is 0 Å². The van der Waals surface area contributed by atoms with Crippen molar-refractivity contribution < 1.29 is 23.8 Å². The first kappa shape index (κ1) is 21.2. The Morgan fingerprint density at radius 2 is 2.04 bits per heavy atom. The second-order valence-corrected chi connectivity index (χ2v) is 7.54. The van der Waals surface area contributed by atoms with Gasteiger partial charge in [-0.15, -0.1) is 0 Å². The Morgan fingerprint density at radius 3 is 2.67 bits per heavy atom. The summed E-state index contributed by atoms with van der Waals surface area (Å²) in [4.78, 5) is 30.5. The van der Waals surface area contributed by atoms with Crippen molar-refractivity contribution in [3.05, 3.63) is 23.9 Å². The van der Waals surface area contributed by atoms with Crippen molar-refractivity contribution in [2.75, 3.05) is 32.9 Å². The number of piperidine rings is 1. The molecule has 1 atom stereocenters. The summed E-state index contributed by atoms with van der Waals surface area (Å²) in [6.45, 7) is 9.98. The summed E-state index contributed by atoms with van der Waals surface area (Å²) in [7, 11) is 0. The topological polar surface area (TPSA) is 78.0 Å². The zero-order valence-electron chi connectivity index (χ0n) is 16.7. The molecule has 7 nitrogen and oxygen atoms in total. The summed E-state index contributed by atoms with van der Waals surface area (Å²) >= 11 is 0. The number of aromatic nitrogens is 1. The first-order valence-electron chi connectivity index (χ1n) is 9.49. The monoisotopic (exact) mass is 378 g/mol. The van der Waals surface area contributed by atoms with E-state index in [1.807, 2.05) is 20.8 Å². The molecular weight excluding hydrogens is 348 g/mol. The molecule has 1 aliphatic rings. The Kier molecular flexibility index (Phi) is 7.59. The molecule has 1 aromatic heterocycles. The smallest absolute Gasteiger partial charge is 0.310 e. The van der Waals surface area contributed by atoms with Crippen LogP contribution in [0.5, 0.6) is 5.88 Å². The number of nitrogens with zero attached hydrogens (tertiary/aromatic N) is 2. The Morgan fingerprint density at radius 1 is 1.26 bits per heavy atom. The number of ether oxygens (including phenoxy) is 3. The quantitative estimate of drug-likeness (QED) is 0.536. The van der Waals surface area contributed by atoms with Gasteiger partial charge in [-0.05, 0) is 46.6 Å². The van der Waals surface area contributed by atoms with Crippen molar-refractivity contribution in [2.45, 2.75) is 46.1 Å². The largest absolute Gasteiger partial charge is 0.475 e. The molecule has 0 aliphatic carbocycles. The van der Waals surface area contributed by atoms with E-state index < -0.39 is 0 Å². The van der Waals surface area contributed by atoms with Crippen molar-refractivity contribution in [3.8, 4) is 5.88 Å².